The Kier molecular flexibility index (Phi) is 25.1. The zero-order valence-corrected chi connectivity index (χ0v) is 71.2. The second-order valence-electron chi connectivity index (χ2n) is 38.9. The van der Waals surface area contributed by atoms with E-state index in [1.165, 1.54) is 0 Å². The molecule has 20 fully saturated rings. The van der Waals surface area contributed by atoms with Crippen LogP contribution in [0.25, 0.3) is 0 Å². The van der Waals surface area contributed by atoms with Crippen LogP contribution in [0.5, 0.6) is 0 Å². The van der Waals surface area contributed by atoms with E-state index < -0.39 is 132 Å². The predicted octanol–water partition coefficient (Wildman–Crippen LogP) is 10.6. The summed E-state index contributed by atoms with van der Waals surface area (Å²) in [4.78, 5) is 164. The first-order chi connectivity index (χ1) is 56.3. The van der Waals surface area contributed by atoms with Gasteiger partial charge in [0.15, 0.2) is 47.6 Å². The number of carbonyl (C=O) groups is 8. The van der Waals surface area contributed by atoms with Crippen LogP contribution in [0, 0.1) is 94.7 Å². The van der Waals surface area contributed by atoms with Gasteiger partial charge in [-0.05, 0) is 178 Å². The monoisotopic (exact) mass is 1670 g/mol. The molecular weight excluding hydrogens is 1540 g/mol. The molecule has 32 heteroatoms. The second kappa shape index (κ2) is 34.2. The van der Waals surface area contributed by atoms with Crippen LogP contribution in [0.15, 0.2) is 0 Å². The van der Waals surface area contributed by atoms with E-state index in [9.17, 15) is 38.4 Å². The largest absolute Gasteiger partial charge is 0.435 e. The van der Waals surface area contributed by atoms with Crippen molar-refractivity contribution in [2.24, 2.45) is 94.7 Å². The highest BCUT2D eigenvalue weighted by molar-refractivity contribution is 5.83. The van der Waals surface area contributed by atoms with Gasteiger partial charge in [0.1, 0.15) is 0 Å². The molecule has 2 N–H and O–H groups in total. The van der Waals surface area contributed by atoms with E-state index >= 15 is 0 Å². The number of rotatable bonds is 29. The van der Waals surface area contributed by atoms with Gasteiger partial charge in [-0.15, -0.1) is 0 Å². The number of ether oxygens (including phenoxy) is 12. The summed E-state index contributed by atoms with van der Waals surface area (Å²) in [6.07, 6.45) is 5.54. The molecule has 32 atom stereocenters. The maximum atomic E-state index is 14.6. The summed E-state index contributed by atoms with van der Waals surface area (Å²) >= 11 is 0. The van der Waals surface area contributed by atoms with Crippen molar-refractivity contribution in [3.8, 4) is 0 Å². The Labute approximate surface area is 692 Å². The maximum Gasteiger partial charge on any atom is 0.308 e. The molecule has 20 aliphatic rings. The molecule has 16 saturated heterocycles. The van der Waals surface area contributed by atoms with E-state index in [0.717, 1.165) is 77.0 Å². The number of esters is 4. The van der Waals surface area contributed by atoms with E-state index in [0.29, 0.717) is 75.0 Å². The summed E-state index contributed by atoms with van der Waals surface area (Å²) in [6.45, 7) is 25.2. The molecule has 4 spiro atoms. The minimum atomic E-state index is -1.04. The minimum Gasteiger partial charge on any atom is -0.435 e. The van der Waals surface area contributed by atoms with Gasteiger partial charge in [0.25, 0.3) is 0 Å². The normalized spacial score (nSPS) is 45.7. The number of unbranched alkanes of at least 4 members (excludes halogenated alkanes) is 1. The van der Waals surface area contributed by atoms with Gasteiger partial charge in [0.05, 0.1) is 25.7 Å². The topological polar surface area (TPSA) is 352 Å². The van der Waals surface area contributed by atoms with E-state index in [1.54, 1.807) is 9.80 Å². The fourth-order valence-electron chi connectivity index (χ4n) is 24.4. The molecular formula is C86H130N4O28. The van der Waals surface area contributed by atoms with Crippen molar-refractivity contribution in [1.29, 1.82) is 0 Å². The van der Waals surface area contributed by atoms with E-state index in [-0.39, 0.29) is 173 Å². The summed E-state index contributed by atoms with van der Waals surface area (Å²) in [7, 11) is 0. The Morgan fingerprint density at radius 1 is 0.305 bits per heavy atom. The number of hydrogen-bond donors (Lipinski definition) is 2. The molecule has 32 nitrogen and oxygen atoms in total. The van der Waals surface area contributed by atoms with Gasteiger partial charge in [-0.25, -0.2) is 39.1 Å². The lowest BCUT2D eigenvalue weighted by atomic mass is 9.58. The average molecular weight is 1670 g/mol. The first kappa shape index (κ1) is 86.6. The Morgan fingerprint density at radius 3 is 0.814 bits per heavy atom. The summed E-state index contributed by atoms with van der Waals surface area (Å²) in [6, 6.07) is 0. The molecule has 0 aromatic rings. The van der Waals surface area contributed by atoms with Crippen molar-refractivity contribution in [2.45, 2.75) is 359 Å². The molecule has 662 valence electrons. The number of amides is 4. The number of carbonyl (C=O) groups excluding carboxylic acids is 8. The second-order valence-corrected chi connectivity index (χ2v) is 38.9. The lowest BCUT2D eigenvalue weighted by Crippen LogP contribution is -2.70. The van der Waals surface area contributed by atoms with Crippen molar-refractivity contribution in [3.05, 3.63) is 0 Å². The predicted molar refractivity (Wildman–Crippen MR) is 406 cm³/mol. The van der Waals surface area contributed by atoms with Crippen molar-refractivity contribution in [1.82, 2.24) is 20.4 Å². The van der Waals surface area contributed by atoms with E-state index in [2.05, 4.69) is 38.3 Å². The molecule has 16 heterocycles. The van der Waals surface area contributed by atoms with Crippen LogP contribution in [0.3, 0.4) is 0 Å². The molecule has 8 bridgehead atoms. The Bertz CT molecular complexity index is 3460. The Morgan fingerprint density at radius 2 is 0.551 bits per heavy atom. The maximum absolute atomic E-state index is 14.6. The summed E-state index contributed by atoms with van der Waals surface area (Å²) < 4.78 is 76.1. The molecule has 20 rings (SSSR count). The minimum absolute atomic E-state index is 0.0624. The average Bonchev–Trinajstić information content (AvgIpc) is 1.41. The van der Waals surface area contributed by atoms with Crippen LogP contribution in [0.1, 0.15) is 263 Å². The van der Waals surface area contributed by atoms with Crippen LogP contribution in [-0.4, -0.2) is 192 Å². The number of nitrogens with zero attached hydrogens (tertiary/aromatic N) is 2. The Hall–Kier alpha value is -4.88. The fraction of sp³-hybridized carbons (Fsp3) is 0.907. The molecule has 4 aliphatic carbocycles. The number of nitrogens with one attached hydrogen (secondary N) is 2. The smallest absolute Gasteiger partial charge is 0.308 e. The van der Waals surface area contributed by atoms with Gasteiger partial charge in [0.2, 0.25) is 71.9 Å². The molecule has 0 unspecified atom stereocenters. The molecule has 0 aromatic heterocycles. The highest BCUT2D eigenvalue weighted by atomic mass is 17.3. The van der Waals surface area contributed by atoms with Gasteiger partial charge < -0.3 is 77.3 Å². The fourth-order valence-corrected chi connectivity index (χ4v) is 24.4. The standard InChI is InChI=1S/C86H130N4O28/c1-47-17-21-59-51(5)71(103-75-83(59)55(47)33-37-79(9,107-75)111-115-83)99-67(95)29-25-63(91)87-41-15-45-89(65(93)27-31-69(97)101-73-53(7)61-23-19-49(3)57-35-39-81(11)109-77(105-73)85(57,61)117-113-81)43-13-14-44-90(66(94)28-32-70(98)102-74-54(8)62-24-20-50(4)58-36-40-82(12)110-78(106-74)86(58,62)118-114-82)46-16-42-88-64(92)26-30-68(96)100-72-52(6)60-22-18-48(2)56-34-38-80(10)108-76(104-72)84(56,60)116-112-80/h47-62,71-78H,13-46H2,1-12H3,(H,87,91)(H,88,92)/t47-,48-,49-,50-,51-,52-,53-,54-,55+,56+,57+,58+,59+,60+,61+,62+,71-,72-,73-,74-,75-,76-,77-,78-,79-,80-,81-,82-,83-,84-,85-,86-/m1/s1. The Balaban J connectivity index is 0.543. The van der Waals surface area contributed by atoms with Gasteiger partial charge in [0, 0.05) is 138 Å². The number of fused-ring (bicyclic) bond motifs is 8. The molecule has 0 radical (unpaired) electrons. The zero-order chi connectivity index (χ0) is 83.2. The van der Waals surface area contributed by atoms with Gasteiger partial charge >= 0.3 is 23.9 Å². The quantitative estimate of drug-likeness (QED) is 0.0304. The summed E-state index contributed by atoms with van der Waals surface area (Å²) in [5.41, 5.74) is -3.41. The lowest BCUT2D eigenvalue weighted by Gasteiger charge is -2.59. The summed E-state index contributed by atoms with van der Waals surface area (Å²) in [5.74, 6) is -7.58. The zero-order valence-electron chi connectivity index (χ0n) is 71.2. The van der Waals surface area contributed by atoms with Crippen LogP contribution < -0.4 is 10.6 Å². The van der Waals surface area contributed by atoms with Crippen LogP contribution in [0.4, 0.5) is 0 Å². The number of hydrogen-bond acceptors (Lipinski definition) is 28. The third-order valence-electron chi connectivity index (χ3n) is 31.2. The molecule has 4 amide bonds. The molecule has 0 aromatic carbocycles. The van der Waals surface area contributed by atoms with Crippen LogP contribution in [-0.2, 0) is 134 Å². The lowest BCUT2D eigenvalue weighted by molar-refractivity contribution is -0.576. The third-order valence-corrected chi connectivity index (χ3v) is 31.2. The van der Waals surface area contributed by atoms with Gasteiger partial charge in [-0.3, -0.25) is 38.4 Å². The third kappa shape index (κ3) is 16.2. The van der Waals surface area contributed by atoms with Crippen molar-refractivity contribution in [2.75, 3.05) is 39.3 Å². The van der Waals surface area contributed by atoms with Crippen LogP contribution >= 0.6 is 0 Å². The van der Waals surface area contributed by atoms with Crippen molar-refractivity contribution in [3.63, 3.8) is 0 Å². The summed E-state index contributed by atoms with van der Waals surface area (Å²) in [5, 5.41) is 5.81. The van der Waals surface area contributed by atoms with Gasteiger partial charge in [-0.2, -0.15) is 0 Å². The van der Waals surface area contributed by atoms with E-state index in [1.807, 2.05) is 55.4 Å². The van der Waals surface area contributed by atoms with Crippen molar-refractivity contribution < 1.29 is 134 Å². The first-order valence-corrected chi connectivity index (χ1v) is 45.0. The van der Waals surface area contributed by atoms with E-state index in [4.69, 9.17) is 95.9 Å². The highest BCUT2D eigenvalue weighted by Gasteiger charge is 2.75. The SMILES string of the molecule is C[C@H]1[C@H](OC(=O)CCC(=O)NCCCN(CCCCN(CCCNC(=O)CCC(=O)O[C@@H]2O[C@@H]3O[C@@]4(C)CC[C@H]5[C@H](C)CC[C@@H]([C@H]2C)[C@@]35OO4)C(=O)CCC(=O)O[C@@H]2O[C@@H]3O[C@@]4(C)CC[C@H]5[C@H](C)CC[C@@H]([C@H]2C)[C@@]35OO4)C(=O)CCC(=O)O[C@@H]2O[C@@H]3O[C@@]4(C)CC[C@H]5[C@H](C)CC[C@@H]([C@H]2C)[C@@]35OO4)O[C@@H]2O[C@@]3(C)CC[C@H]4[C@H](C)CC[C@@H]1[C@@]24OO3. The van der Waals surface area contributed by atoms with Gasteiger partial charge in [-0.1, -0.05) is 55.4 Å². The first-order valence-electron chi connectivity index (χ1n) is 45.0. The van der Waals surface area contributed by atoms with Crippen molar-refractivity contribution >= 4 is 47.5 Å². The highest BCUT2D eigenvalue weighted by Crippen LogP contribution is 2.66. The molecule has 4 saturated carbocycles. The molecule has 118 heavy (non-hydrogen) atoms. The molecule has 16 aliphatic heterocycles. The van der Waals surface area contributed by atoms with Crippen LogP contribution in [0.2, 0.25) is 0 Å².